The summed E-state index contributed by atoms with van der Waals surface area (Å²) in [6.07, 6.45) is 2.63. The van der Waals surface area contributed by atoms with Crippen LogP contribution in [-0.4, -0.2) is 109 Å². The van der Waals surface area contributed by atoms with Crippen molar-refractivity contribution >= 4 is 17.6 Å². The molecule has 1 heterocycles. The minimum atomic E-state index is -0.566. The molecule has 0 spiro atoms. The molecule has 1 aromatic carbocycles. The van der Waals surface area contributed by atoms with Crippen LogP contribution in [0.1, 0.15) is 88.5 Å². The van der Waals surface area contributed by atoms with Crippen molar-refractivity contribution < 1.29 is 23.8 Å². The third kappa shape index (κ3) is 13.6. The maximum Gasteiger partial charge on any atom is 0.320 e. The molecule has 11 heteroatoms. The second-order valence-electron chi connectivity index (χ2n) is 15.0. The highest BCUT2D eigenvalue weighted by Crippen LogP contribution is 2.27. The van der Waals surface area contributed by atoms with Gasteiger partial charge < -0.3 is 19.5 Å². The van der Waals surface area contributed by atoms with E-state index in [0.717, 1.165) is 32.4 Å². The van der Waals surface area contributed by atoms with Crippen LogP contribution in [0.15, 0.2) is 9.59 Å². The van der Waals surface area contributed by atoms with E-state index in [1.54, 1.807) is 6.92 Å². The van der Waals surface area contributed by atoms with Crippen molar-refractivity contribution in [2.45, 2.75) is 106 Å². The number of esters is 2. The van der Waals surface area contributed by atoms with Gasteiger partial charge in [-0.25, -0.2) is 0 Å². The number of nitrogens with zero attached hydrogens (tertiary/aromatic N) is 3. The zero-order valence-electron chi connectivity index (χ0n) is 29.0. The Balaban J connectivity index is 2.18. The SMILES string of the molecule is CCOc1c(NCCCC(CC(C)(C)C)N2CCN(CC(=O)OC(C)(C)C)CCN(CC(=O)OC(C)(C)C)CC2)c(=O)c1=O. The fraction of sp³-hybridized carbons (Fsp3) is 0.818. The van der Waals surface area contributed by atoms with Gasteiger partial charge in [0.25, 0.3) is 10.9 Å². The number of anilines is 1. The van der Waals surface area contributed by atoms with Crippen LogP contribution in [0.5, 0.6) is 5.75 Å². The van der Waals surface area contributed by atoms with Crippen molar-refractivity contribution in [3.63, 3.8) is 0 Å². The Kier molecular flexibility index (Phi) is 13.9. The number of nitrogens with one attached hydrogen (secondary N) is 1. The predicted molar refractivity (Wildman–Crippen MR) is 174 cm³/mol. The molecule has 0 aliphatic carbocycles. The second-order valence-corrected chi connectivity index (χ2v) is 15.0. The highest BCUT2D eigenvalue weighted by Gasteiger charge is 2.29. The highest BCUT2D eigenvalue weighted by atomic mass is 16.6. The lowest BCUT2D eigenvalue weighted by molar-refractivity contribution is -0.158. The molecule has 1 aromatic rings. The van der Waals surface area contributed by atoms with Crippen LogP contribution in [-0.2, 0) is 19.1 Å². The van der Waals surface area contributed by atoms with Crippen LogP contribution in [0.2, 0.25) is 0 Å². The Labute approximate surface area is 264 Å². The van der Waals surface area contributed by atoms with Gasteiger partial charge in [-0.1, -0.05) is 20.8 Å². The standard InChI is InChI=1S/C33H58N4O7/c1-11-42-30-27(28(40)29(30)41)34-14-12-13-24(21-31(2,3)4)37-19-17-35(22-25(38)43-32(5,6)7)15-16-36(18-20-37)23-26(39)44-33(8,9)10/h24,34H,11-23H2,1-10H3. The van der Waals surface area contributed by atoms with E-state index in [1.165, 1.54) is 0 Å². The molecular formula is C33H58N4O7. The largest absolute Gasteiger partial charge is 0.488 e. The lowest BCUT2D eigenvalue weighted by atomic mass is 9.85. The van der Waals surface area contributed by atoms with Crippen LogP contribution in [0.4, 0.5) is 5.69 Å². The van der Waals surface area contributed by atoms with Gasteiger partial charge in [-0.05, 0) is 73.1 Å². The molecule has 44 heavy (non-hydrogen) atoms. The maximum atomic E-state index is 12.8. The monoisotopic (exact) mass is 622 g/mol. The van der Waals surface area contributed by atoms with E-state index in [9.17, 15) is 19.2 Å². The molecular weight excluding hydrogens is 564 g/mol. The molecule has 0 bridgehead atoms. The van der Waals surface area contributed by atoms with Gasteiger partial charge in [0.15, 0.2) is 5.75 Å². The zero-order valence-corrected chi connectivity index (χ0v) is 29.0. The van der Waals surface area contributed by atoms with Crippen molar-refractivity contribution in [3.8, 4) is 5.75 Å². The Morgan fingerprint density at radius 1 is 0.773 bits per heavy atom. The summed E-state index contributed by atoms with van der Waals surface area (Å²) < 4.78 is 16.6. The van der Waals surface area contributed by atoms with Crippen molar-refractivity contribution in [3.05, 3.63) is 20.4 Å². The number of rotatable bonds is 13. The summed E-state index contributed by atoms with van der Waals surface area (Å²) in [5.41, 5.74) is -1.85. The van der Waals surface area contributed by atoms with Gasteiger partial charge in [0.1, 0.15) is 16.9 Å². The molecule has 0 saturated carbocycles. The summed E-state index contributed by atoms with van der Waals surface area (Å²) >= 11 is 0. The van der Waals surface area contributed by atoms with E-state index in [1.807, 2.05) is 41.5 Å². The van der Waals surface area contributed by atoms with Gasteiger partial charge >= 0.3 is 11.9 Å². The first-order valence-electron chi connectivity index (χ1n) is 16.1. The maximum absolute atomic E-state index is 12.8. The molecule has 1 atom stereocenters. The van der Waals surface area contributed by atoms with Gasteiger partial charge in [-0.15, -0.1) is 0 Å². The van der Waals surface area contributed by atoms with Gasteiger partial charge in [-0.3, -0.25) is 33.9 Å². The van der Waals surface area contributed by atoms with Gasteiger partial charge in [-0.2, -0.15) is 0 Å². The Bertz CT molecular complexity index is 1100. The van der Waals surface area contributed by atoms with E-state index < -0.39 is 22.1 Å². The smallest absolute Gasteiger partial charge is 0.320 e. The lowest BCUT2D eigenvalue weighted by Gasteiger charge is -2.37. The Morgan fingerprint density at radius 3 is 1.68 bits per heavy atom. The quantitative estimate of drug-likeness (QED) is 0.198. The number of carbonyl (C=O) groups excluding carboxylic acids is 2. The van der Waals surface area contributed by atoms with E-state index in [-0.39, 0.29) is 47.9 Å². The van der Waals surface area contributed by atoms with E-state index >= 15 is 0 Å². The summed E-state index contributed by atoms with van der Waals surface area (Å²) in [6, 6.07) is 0.237. The van der Waals surface area contributed by atoms with Crippen molar-refractivity contribution in [1.29, 1.82) is 0 Å². The van der Waals surface area contributed by atoms with Crippen molar-refractivity contribution in [1.82, 2.24) is 14.7 Å². The molecule has 0 amide bonds. The molecule has 1 saturated heterocycles. The molecule has 2 rings (SSSR count). The lowest BCUT2D eigenvalue weighted by Crippen LogP contribution is -2.45. The van der Waals surface area contributed by atoms with Gasteiger partial charge in [0, 0.05) is 51.9 Å². The predicted octanol–water partition coefficient (Wildman–Crippen LogP) is 3.28. The van der Waals surface area contributed by atoms with Crippen LogP contribution >= 0.6 is 0 Å². The molecule has 11 nitrogen and oxygen atoms in total. The molecule has 252 valence electrons. The molecule has 1 unspecified atom stereocenters. The number of carbonyl (C=O) groups is 2. The van der Waals surface area contributed by atoms with E-state index in [0.29, 0.717) is 39.3 Å². The summed E-state index contributed by atoms with van der Waals surface area (Å²) in [4.78, 5) is 56.1. The summed E-state index contributed by atoms with van der Waals surface area (Å²) in [5, 5.41) is 3.13. The Hall–Kier alpha value is -2.50. The molecule has 0 radical (unpaired) electrons. The normalized spacial score (nSPS) is 17.4. The number of hydrogen-bond donors (Lipinski definition) is 1. The zero-order chi connectivity index (χ0) is 33.3. The molecule has 0 aromatic heterocycles. The molecule has 1 aliphatic heterocycles. The third-order valence-electron chi connectivity index (χ3n) is 7.22. The first-order chi connectivity index (χ1) is 20.3. The van der Waals surface area contributed by atoms with Crippen LogP contribution < -0.4 is 20.9 Å². The van der Waals surface area contributed by atoms with Crippen LogP contribution in [0.25, 0.3) is 0 Å². The number of ether oxygens (including phenoxy) is 3. The van der Waals surface area contributed by atoms with Crippen molar-refractivity contribution in [2.24, 2.45) is 5.41 Å². The first-order valence-corrected chi connectivity index (χ1v) is 16.1. The first kappa shape index (κ1) is 37.7. The highest BCUT2D eigenvalue weighted by molar-refractivity contribution is 5.72. The minimum absolute atomic E-state index is 0.0734. The minimum Gasteiger partial charge on any atom is -0.488 e. The fourth-order valence-electron chi connectivity index (χ4n) is 5.44. The fourth-order valence-corrected chi connectivity index (χ4v) is 5.44. The molecule has 1 fully saturated rings. The summed E-state index contributed by atoms with van der Waals surface area (Å²) in [5.74, 6) is -0.382. The molecule has 1 aliphatic rings. The van der Waals surface area contributed by atoms with E-state index in [4.69, 9.17) is 14.2 Å². The average molecular weight is 623 g/mol. The topological polar surface area (TPSA) is 118 Å². The van der Waals surface area contributed by atoms with Crippen LogP contribution in [0, 0.1) is 5.41 Å². The third-order valence-corrected chi connectivity index (χ3v) is 7.22. The summed E-state index contributed by atoms with van der Waals surface area (Å²) in [6.45, 7) is 25.1. The van der Waals surface area contributed by atoms with Crippen molar-refractivity contribution in [2.75, 3.05) is 70.8 Å². The molecule has 1 N–H and O–H groups in total. The van der Waals surface area contributed by atoms with Crippen LogP contribution in [0.3, 0.4) is 0 Å². The van der Waals surface area contributed by atoms with Gasteiger partial charge in [0.2, 0.25) is 0 Å². The van der Waals surface area contributed by atoms with E-state index in [2.05, 4.69) is 40.8 Å². The number of hydrogen-bond acceptors (Lipinski definition) is 11. The summed E-state index contributed by atoms with van der Waals surface area (Å²) in [7, 11) is 0. The van der Waals surface area contributed by atoms with Gasteiger partial charge in [0.05, 0.1) is 19.7 Å². The average Bonchev–Trinajstić information content (AvgIpc) is 2.95. The Morgan fingerprint density at radius 2 is 1.25 bits per heavy atom. The second kappa shape index (κ2) is 16.2.